The van der Waals surface area contributed by atoms with Gasteiger partial charge in [0.25, 0.3) is 0 Å². The number of para-hydroxylation sites is 1. The molecule has 38 heavy (non-hydrogen) atoms. The Balaban J connectivity index is 0.000000638. The molecule has 1 atom stereocenters. The summed E-state index contributed by atoms with van der Waals surface area (Å²) in [6.07, 6.45) is -3.57. The van der Waals surface area contributed by atoms with Crippen LogP contribution in [0.5, 0.6) is 0 Å². The predicted octanol–water partition coefficient (Wildman–Crippen LogP) is 5.35. The fourth-order valence-electron chi connectivity index (χ4n) is 3.33. The van der Waals surface area contributed by atoms with Crippen LogP contribution in [0.4, 0.5) is 30.6 Å². The predicted molar refractivity (Wildman–Crippen MR) is 140 cm³/mol. The van der Waals surface area contributed by atoms with Crippen molar-refractivity contribution in [1.29, 1.82) is 0 Å². The average molecular weight is 532 g/mol. The van der Waals surface area contributed by atoms with E-state index in [2.05, 4.69) is 51.9 Å². The Labute approximate surface area is 219 Å². The van der Waals surface area contributed by atoms with Crippen molar-refractivity contribution >= 4 is 29.3 Å². The molecule has 0 aliphatic heterocycles. The van der Waals surface area contributed by atoms with Crippen molar-refractivity contribution in [1.82, 2.24) is 15.3 Å². The van der Waals surface area contributed by atoms with Gasteiger partial charge in [-0.25, -0.2) is 9.78 Å². The fourth-order valence-corrected chi connectivity index (χ4v) is 3.33. The topological polar surface area (TPSA) is 116 Å². The van der Waals surface area contributed by atoms with Crippen LogP contribution in [-0.4, -0.2) is 45.7 Å². The number of amides is 1. The Morgan fingerprint density at radius 3 is 2.11 bits per heavy atom. The van der Waals surface area contributed by atoms with E-state index in [4.69, 9.17) is 9.90 Å². The van der Waals surface area contributed by atoms with E-state index in [1.807, 2.05) is 61.5 Å². The monoisotopic (exact) mass is 531 g/mol. The van der Waals surface area contributed by atoms with Crippen LogP contribution in [0.25, 0.3) is 0 Å². The molecule has 0 aliphatic rings. The molecule has 204 valence electrons. The largest absolute Gasteiger partial charge is 0.490 e. The third kappa shape index (κ3) is 11.3. The molecule has 11 heteroatoms. The highest BCUT2D eigenvalue weighted by molar-refractivity contribution is 5.84. The van der Waals surface area contributed by atoms with E-state index < -0.39 is 12.1 Å². The summed E-state index contributed by atoms with van der Waals surface area (Å²) in [7, 11) is 0. The number of nitrogens with zero attached hydrogens (tertiary/aromatic N) is 2. The van der Waals surface area contributed by atoms with Gasteiger partial charge in [-0.1, -0.05) is 62.4 Å². The average Bonchev–Trinajstić information content (AvgIpc) is 2.84. The second kappa shape index (κ2) is 14.6. The quantitative estimate of drug-likeness (QED) is 0.279. The first-order chi connectivity index (χ1) is 17.9. The number of aryl methyl sites for hydroxylation is 1. The van der Waals surface area contributed by atoms with E-state index in [0.29, 0.717) is 30.6 Å². The second-order valence-corrected chi connectivity index (χ2v) is 8.87. The summed E-state index contributed by atoms with van der Waals surface area (Å²) in [4.78, 5) is 30.8. The first-order valence-electron chi connectivity index (χ1n) is 12.0. The summed E-state index contributed by atoms with van der Waals surface area (Å²) in [5.41, 5.74) is 2.94. The van der Waals surface area contributed by atoms with Crippen molar-refractivity contribution in [3.05, 3.63) is 78.0 Å². The number of aliphatic carboxylic acids is 1. The lowest BCUT2D eigenvalue weighted by Crippen LogP contribution is -2.41. The molecule has 8 nitrogen and oxygen atoms in total. The van der Waals surface area contributed by atoms with Crippen LogP contribution in [0.2, 0.25) is 0 Å². The number of alkyl halides is 3. The molecule has 1 heterocycles. The first kappa shape index (κ1) is 30.1. The normalized spacial score (nSPS) is 11.7. The van der Waals surface area contributed by atoms with Gasteiger partial charge in [0.05, 0.1) is 0 Å². The number of aromatic nitrogens is 2. The lowest BCUT2D eigenvalue weighted by Gasteiger charge is -2.21. The molecule has 2 aromatic carbocycles. The van der Waals surface area contributed by atoms with Crippen LogP contribution < -0.4 is 16.0 Å². The SMILES string of the molecule is Cc1cc(N[C@@H](CC(C)C)C(=O)NCCc2ccccc2)nc(Nc2ccccc2)n1.O=C(O)C(F)(F)F. The van der Waals surface area contributed by atoms with Gasteiger partial charge in [0.2, 0.25) is 11.9 Å². The van der Waals surface area contributed by atoms with E-state index in [0.717, 1.165) is 17.8 Å². The van der Waals surface area contributed by atoms with E-state index in [-0.39, 0.29) is 11.9 Å². The molecule has 0 saturated carbocycles. The van der Waals surface area contributed by atoms with Crippen LogP contribution in [0.1, 0.15) is 31.5 Å². The molecule has 1 aromatic heterocycles. The molecule has 0 saturated heterocycles. The molecule has 0 bridgehead atoms. The number of carbonyl (C=O) groups is 2. The van der Waals surface area contributed by atoms with Gasteiger partial charge in [-0.15, -0.1) is 0 Å². The van der Waals surface area contributed by atoms with Crippen LogP contribution >= 0.6 is 0 Å². The van der Waals surface area contributed by atoms with Crippen molar-refractivity contribution in [2.24, 2.45) is 5.92 Å². The third-order valence-electron chi connectivity index (χ3n) is 5.03. The van der Waals surface area contributed by atoms with Crippen molar-refractivity contribution in [2.75, 3.05) is 17.2 Å². The highest BCUT2D eigenvalue weighted by atomic mass is 19.4. The minimum absolute atomic E-state index is 0.0153. The van der Waals surface area contributed by atoms with Crippen molar-refractivity contribution in [3.63, 3.8) is 0 Å². The third-order valence-corrected chi connectivity index (χ3v) is 5.03. The van der Waals surface area contributed by atoms with Gasteiger partial charge < -0.3 is 21.1 Å². The summed E-state index contributed by atoms with van der Waals surface area (Å²) in [5, 5.41) is 16.7. The maximum atomic E-state index is 12.9. The van der Waals surface area contributed by atoms with E-state index in [9.17, 15) is 18.0 Å². The standard InChI is InChI=1S/C25H31N5O.C2HF3O2/c1-18(2)16-22(24(31)26-15-14-20-10-6-4-7-11-20)29-23-17-19(3)27-25(30-23)28-21-12-8-5-9-13-21;3-2(4,5)1(6)7/h4-13,17-18,22H,14-16H2,1-3H3,(H,26,31)(H2,27,28,29,30);(H,6,7)/t22-;/m0./s1. The zero-order valence-corrected chi connectivity index (χ0v) is 21.4. The molecular weight excluding hydrogens is 499 g/mol. The molecule has 4 N–H and O–H groups in total. The second-order valence-electron chi connectivity index (χ2n) is 8.87. The summed E-state index contributed by atoms with van der Waals surface area (Å²) >= 11 is 0. The summed E-state index contributed by atoms with van der Waals surface area (Å²) in [6, 6.07) is 21.4. The number of anilines is 3. The number of halogens is 3. The van der Waals surface area contributed by atoms with E-state index >= 15 is 0 Å². The van der Waals surface area contributed by atoms with Gasteiger partial charge in [0.15, 0.2) is 0 Å². The zero-order chi connectivity index (χ0) is 28.1. The molecule has 0 fully saturated rings. The highest BCUT2D eigenvalue weighted by Crippen LogP contribution is 2.18. The fraction of sp³-hybridized carbons (Fsp3) is 0.333. The zero-order valence-electron chi connectivity index (χ0n) is 21.4. The number of rotatable bonds is 10. The Kier molecular flexibility index (Phi) is 11.5. The number of carboxylic acids is 1. The number of hydrogen-bond donors (Lipinski definition) is 4. The van der Waals surface area contributed by atoms with Crippen LogP contribution in [-0.2, 0) is 16.0 Å². The maximum Gasteiger partial charge on any atom is 0.490 e. The molecule has 3 aromatic rings. The lowest BCUT2D eigenvalue weighted by atomic mass is 10.0. The van der Waals surface area contributed by atoms with E-state index in [1.165, 1.54) is 5.56 Å². The van der Waals surface area contributed by atoms with E-state index in [1.54, 1.807) is 0 Å². The summed E-state index contributed by atoms with van der Waals surface area (Å²) in [5.74, 6) is -1.27. The van der Waals surface area contributed by atoms with Crippen LogP contribution in [0.3, 0.4) is 0 Å². The van der Waals surface area contributed by atoms with Crippen molar-refractivity contribution in [3.8, 4) is 0 Å². The van der Waals surface area contributed by atoms with Crippen molar-refractivity contribution < 1.29 is 27.9 Å². The molecule has 0 aliphatic carbocycles. The number of carboxylic acid groups (broad SMARTS) is 1. The Morgan fingerprint density at radius 2 is 1.55 bits per heavy atom. The number of nitrogens with one attached hydrogen (secondary N) is 3. The Hall–Kier alpha value is -4.15. The Bertz CT molecular complexity index is 1160. The van der Waals surface area contributed by atoms with Gasteiger partial charge in [0.1, 0.15) is 11.9 Å². The van der Waals surface area contributed by atoms with Gasteiger partial charge >= 0.3 is 12.1 Å². The van der Waals surface area contributed by atoms with Gasteiger partial charge in [-0.05, 0) is 43.4 Å². The molecule has 0 radical (unpaired) electrons. The maximum absolute atomic E-state index is 12.9. The molecule has 1 amide bonds. The van der Waals surface area contributed by atoms with Gasteiger partial charge in [-0.2, -0.15) is 18.2 Å². The summed E-state index contributed by atoms with van der Waals surface area (Å²) < 4.78 is 31.7. The van der Waals surface area contributed by atoms with Crippen molar-refractivity contribution in [2.45, 2.75) is 45.8 Å². The number of carbonyl (C=O) groups excluding carboxylic acids is 1. The smallest absolute Gasteiger partial charge is 0.475 e. The van der Waals surface area contributed by atoms with Crippen LogP contribution in [0.15, 0.2) is 66.7 Å². The molecule has 0 unspecified atom stereocenters. The van der Waals surface area contributed by atoms with Gasteiger partial charge in [0, 0.05) is 24.0 Å². The minimum Gasteiger partial charge on any atom is -0.475 e. The molecule has 3 rings (SSSR count). The van der Waals surface area contributed by atoms with Crippen LogP contribution in [0, 0.1) is 12.8 Å². The minimum atomic E-state index is -5.08. The van der Waals surface area contributed by atoms with Gasteiger partial charge in [-0.3, -0.25) is 4.79 Å². The molecular formula is C27H32F3N5O3. The number of benzene rings is 2. The Morgan fingerprint density at radius 1 is 0.974 bits per heavy atom. The molecule has 0 spiro atoms. The first-order valence-corrected chi connectivity index (χ1v) is 12.0. The lowest BCUT2D eigenvalue weighted by molar-refractivity contribution is -0.192. The highest BCUT2D eigenvalue weighted by Gasteiger charge is 2.38. The number of hydrogen-bond acceptors (Lipinski definition) is 6. The summed E-state index contributed by atoms with van der Waals surface area (Å²) in [6.45, 7) is 6.74.